The van der Waals surface area contributed by atoms with Gasteiger partial charge in [-0.25, -0.2) is 8.42 Å². The lowest BCUT2D eigenvalue weighted by Crippen LogP contribution is -2.26. The highest BCUT2D eigenvalue weighted by Crippen LogP contribution is 2.24. The molecular formula is C22H20N2O5S. The van der Waals surface area contributed by atoms with Gasteiger partial charge in [-0.15, -0.1) is 0 Å². The van der Waals surface area contributed by atoms with Crippen molar-refractivity contribution in [3.8, 4) is 5.75 Å². The largest absolute Gasteiger partial charge is 0.426 e. The van der Waals surface area contributed by atoms with Gasteiger partial charge in [-0.2, -0.15) is 0 Å². The molecule has 0 bridgehead atoms. The first-order chi connectivity index (χ1) is 14.3. The van der Waals surface area contributed by atoms with E-state index in [-0.39, 0.29) is 16.2 Å². The molecule has 8 heteroatoms. The Balaban J connectivity index is 1.78. The van der Waals surface area contributed by atoms with Crippen molar-refractivity contribution in [3.05, 3.63) is 84.4 Å². The highest BCUT2D eigenvalue weighted by molar-refractivity contribution is 7.92. The molecule has 30 heavy (non-hydrogen) atoms. The predicted octanol–water partition coefficient (Wildman–Crippen LogP) is 3.69. The molecule has 3 aromatic rings. The summed E-state index contributed by atoms with van der Waals surface area (Å²) in [5.74, 6) is -0.873. The molecule has 0 saturated carbocycles. The summed E-state index contributed by atoms with van der Waals surface area (Å²) in [6, 6.07) is 20.9. The quantitative estimate of drug-likeness (QED) is 0.481. The Hall–Kier alpha value is -3.65. The Kier molecular flexibility index (Phi) is 6.17. The van der Waals surface area contributed by atoms with E-state index in [1.54, 1.807) is 42.5 Å². The number of carbonyl (C=O) groups is 2. The topological polar surface area (TPSA) is 92.8 Å². The second-order valence-electron chi connectivity index (χ2n) is 6.38. The van der Waals surface area contributed by atoms with Gasteiger partial charge in [-0.1, -0.05) is 30.3 Å². The van der Waals surface area contributed by atoms with E-state index in [0.29, 0.717) is 11.4 Å². The fourth-order valence-corrected chi connectivity index (χ4v) is 3.94. The molecule has 0 spiro atoms. The zero-order chi connectivity index (χ0) is 21.7. The number of esters is 1. The summed E-state index contributed by atoms with van der Waals surface area (Å²) in [5, 5.41) is 2.67. The van der Waals surface area contributed by atoms with Crippen LogP contribution in [0.5, 0.6) is 5.75 Å². The Bertz CT molecular complexity index is 1160. The van der Waals surface area contributed by atoms with Crippen molar-refractivity contribution < 1.29 is 22.7 Å². The molecule has 0 heterocycles. The van der Waals surface area contributed by atoms with Gasteiger partial charge in [-0.3, -0.25) is 13.9 Å². The summed E-state index contributed by atoms with van der Waals surface area (Å²) in [6.07, 6.45) is 0. The number of hydrogen-bond donors (Lipinski definition) is 1. The molecule has 7 nitrogen and oxygen atoms in total. The number of sulfonamides is 1. The maximum absolute atomic E-state index is 12.8. The third kappa shape index (κ3) is 4.66. The maximum Gasteiger partial charge on any atom is 0.308 e. The van der Waals surface area contributed by atoms with Gasteiger partial charge < -0.3 is 10.1 Å². The van der Waals surface area contributed by atoms with Gasteiger partial charge in [0.05, 0.1) is 16.1 Å². The molecule has 0 atom stereocenters. The van der Waals surface area contributed by atoms with Crippen LogP contribution in [0.2, 0.25) is 0 Å². The van der Waals surface area contributed by atoms with Gasteiger partial charge >= 0.3 is 5.97 Å². The number of hydrogen-bond acceptors (Lipinski definition) is 5. The summed E-state index contributed by atoms with van der Waals surface area (Å²) in [5.41, 5.74) is 1.13. The lowest BCUT2D eigenvalue weighted by Gasteiger charge is -2.19. The highest BCUT2D eigenvalue weighted by atomic mass is 32.2. The molecule has 3 aromatic carbocycles. The molecule has 0 aromatic heterocycles. The molecular weight excluding hydrogens is 404 g/mol. The second kappa shape index (κ2) is 8.79. The van der Waals surface area contributed by atoms with Crippen LogP contribution in [0.1, 0.15) is 17.3 Å². The standard InChI is InChI=1S/C22H20N2O5S/c1-16(25)29-21-11-7-6-10-20(21)22(26)23-17-12-14-19(15-13-17)30(27,28)24(2)18-8-4-3-5-9-18/h3-15H,1-2H3,(H,23,26). The van der Waals surface area contributed by atoms with Crippen molar-refractivity contribution in [2.24, 2.45) is 0 Å². The number of nitrogens with one attached hydrogen (secondary N) is 1. The average molecular weight is 424 g/mol. The molecule has 154 valence electrons. The monoisotopic (exact) mass is 424 g/mol. The normalized spacial score (nSPS) is 10.9. The number of carbonyl (C=O) groups excluding carboxylic acids is 2. The minimum absolute atomic E-state index is 0.0900. The van der Waals surface area contributed by atoms with Gasteiger partial charge in [0, 0.05) is 19.7 Å². The first kappa shape index (κ1) is 21.1. The zero-order valence-corrected chi connectivity index (χ0v) is 17.2. The predicted molar refractivity (Wildman–Crippen MR) is 114 cm³/mol. The fourth-order valence-electron chi connectivity index (χ4n) is 2.74. The summed E-state index contributed by atoms with van der Waals surface area (Å²) < 4.78 is 31.9. The number of para-hydroxylation sites is 2. The maximum atomic E-state index is 12.8. The Morgan fingerprint density at radius 3 is 2.10 bits per heavy atom. The van der Waals surface area contributed by atoms with E-state index in [1.807, 2.05) is 0 Å². The van der Waals surface area contributed by atoms with Gasteiger partial charge in [-0.05, 0) is 48.5 Å². The van der Waals surface area contributed by atoms with E-state index in [2.05, 4.69) is 5.32 Å². The molecule has 0 saturated heterocycles. The minimum Gasteiger partial charge on any atom is -0.426 e. The van der Waals surface area contributed by atoms with Crippen LogP contribution >= 0.6 is 0 Å². The molecule has 1 N–H and O–H groups in total. The molecule has 0 aliphatic heterocycles. The first-order valence-electron chi connectivity index (χ1n) is 9.02. The van der Waals surface area contributed by atoms with Crippen molar-refractivity contribution in [2.45, 2.75) is 11.8 Å². The van der Waals surface area contributed by atoms with Crippen LogP contribution in [0.15, 0.2) is 83.8 Å². The number of nitrogens with zero attached hydrogens (tertiary/aromatic N) is 1. The van der Waals surface area contributed by atoms with E-state index < -0.39 is 21.9 Å². The van der Waals surface area contributed by atoms with Crippen LogP contribution in [0, 0.1) is 0 Å². The molecule has 1 amide bonds. The lowest BCUT2D eigenvalue weighted by atomic mass is 10.2. The van der Waals surface area contributed by atoms with Gasteiger partial charge in [0.25, 0.3) is 15.9 Å². The van der Waals surface area contributed by atoms with Crippen molar-refractivity contribution in [1.82, 2.24) is 0 Å². The molecule has 0 radical (unpaired) electrons. The van der Waals surface area contributed by atoms with E-state index in [4.69, 9.17) is 4.74 Å². The smallest absolute Gasteiger partial charge is 0.308 e. The minimum atomic E-state index is -3.75. The number of amides is 1. The summed E-state index contributed by atoms with van der Waals surface area (Å²) in [4.78, 5) is 23.9. The fraction of sp³-hybridized carbons (Fsp3) is 0.0909. The van der Waals surface area contributed by atoms with Crippen LogP contribution in [0.4, 0.5) is 11.4 Å². The summed E-state index contributed by atoms with van der Waals surface area (Å²) in [7, 11) is -2.27. The average Bonchev–Trinajstić information content (AvgIpc) is 2.74. The molecule has 0 aliphatic carbocycles. The van der Waals surface area contributed by atoms with Gasteiger partial charge in [0.15, 0.2) is 0 Å². The Labute approximate surface area is 175 Å². The third-order valence-electron chi connectivity index (χ3n) is 4.28. The van der Waals surface area contributed by atoms with Crippen molar-refractivity contribution in [1.29, 1.82) is 0 Å². The first-order valence-corrected chi connectivity index (χ1v) is 10.5. The summed E-state index contributed by atoms with van der Waals surface area (Å²) >= 11 is 0. The van der Waals surface area contributed by atoms with Crippen LogP contribution in [-0.2, 0) is 14.8 Å². The number of benzene rings is 3. The van der Waals surface area contributed by atoms with E-state index >= 15 is 0 Å². The number of ether oxygens (including phenoxy) is 1. The summed E-state index contributed by atoms with van der Waals surface area (Å²) in [6.45, 7) is 1.25. The second-order valence-corrected chi connectivity index (χ2v) is 8.35. The molecule has 3 rings (SSSR count). The van der Waals surface area contributed by atoms with Crippen LogP contribution in [0.25, 0.3) is 0 Å². The van der Waals surface area contributed by atoms with Crippen LogP contribution < -0.4 is 14.4 Å². The molecule has 0 fully saturated rings. The van der Waals surface area contributed by atoms with Crippen LogP contribution in [0.3, 0.4) is 0 Å². The van der Waals surface area contributed by atoms with Crippen molar-refractivity contribution in [3.63, 3.8) is 0 Å². The van der Waals surface area contributed by atoms with Crippen molar-refractivity contribution >= 4 is 33.3 Å². The van der Waals surface area contributed by atoms with Gasteiger partial charge in [0.2, 0.25) is 0 Å². The van der Waals surface area contributed by atoms with E-state index in [9.17, 15) is 18.0 Å². The third-order valence-corrected chi connectivity index (χ3v) is 6.08. The van der Waals surface area contributed by atoms with Crippen LogP contribution in [-0.4, -0.2) is 27.3 Å². The lowest BCUT2D eigenvalue weighted by molar-refractivity contribution is -0.131. The Morgan fingerprint density at radius 2 is 1.47 bits per heavy atom. The SMILES string of the molecule is CC(=O)Oc1ccccc1C(=O)Nc1ccc(S(=O)(=O)N(C)c2ccccc2)cc1. The number of rotatable bonds is 6. The Morgan fingerprint density at radius 1 is 0.867 bits per heavy atom. The van der Waals surface area contributed by atoms with Gasteiger partial charge in [0.1, 0.15) is 5.75 Å². The van der Waals surface area contributed by atoms with E-state index in [1.165, 1.54) is 54.7 Å². The molecule has 0 aliphatic rings. The molecule has 0 unspecified atom stereocenters. The highest BCUT2D eigenvalue weighted by Gasteiger charge is 2.21. The van der Waals surface area contributed by atoms with E-state index in [0.717, 1.165) is 0 Å². The zero-order valence-electron chi connectivity index (χ0n) is 16.4. The van der Waals surface area contributed by atoms with Crippen molar-refractivity contribution in [2.75, 3.05) is 16.7 Å². The number of anilines is 2.